The molecule has 0 aliphatic heterocycles. The van der Waals surface area contributed by atoms with Crippen LogP contribution in [0.3, 0.4) is 0 Å². The van der Waals surface area contributed by atoms with Gasteiger partial charge >= 0.3 is 0 Å². The van der Waals surface area contributed by atoms with Gasteiger partial charge < -0.3 is 14.8 Å². The Bertz CT molecular complexity index is 1360. The number of H-pyrrole nitrogens is 1. The number of amides is 2. The van der Waals surface area contributed by atoms with E-state index in [1.807, 2.05) is 74.3 Å². The summed E-state index contributed by atoms with van der Waals surface area (Å²) in [5, 5.41) is 1.15. The van der Waals surface area contributed by atoms with Gasteiger partial charge in [-0.2, -0.15) is 0 Å². The molecule has 1 aromatic heterocycles. The number of halogens is 1. The van der Waals surface area contributed by atoms with Crippen LogP contribution in [0, 0.1) is 18.7 Å². The number of benzene rings is 3. The Labute approximate surface area is 224 Å². The van der Waals surface area contributed by atoms with Crippen molar-refractivity contribution in [1.29, 1.82) is 0 Å². The molecule has 0 saturated carbocycles. The summed E-state index contributed by atoms with van der Waals surface area (Å²) >= 11 is 0. The molecule has 1 heterocycles. The van der Waals surface area contributed by atoms with Crippen molar-refractivity contribution in [3.8, 4) is 0 Å². The van der Waals surface area contributed by atoms with Gasteiger partial charge in [0.1, 0.15) is 12.4 Å². The zero-order valence-corrected chi connectivity index (χ0v) is 22.4. The molecular weight excluding hydrogens is 477 g/mol. The summed E-state index contributed by atoms with van der Waals surface area (Å²) in [4.78, 5) is 33.6. The Balaban J connectivity index is 1.54. The molecule has 0 spiro atoms. The zero-order valence-electron chi connectivity index (χ0n) is 22.4. The lowest BCUT2D eigenvalue weighted by Gasteiger charge is -2.28. The third-order valence-electron chi connectivity index (χ3n) is 6.72. The molecule has 0 fully saturated rings. The second-order valence-corrected chi connectivity index (χ2v) is 10.4. The molecule has 2 amide bonds. The molecule has 4 rings (SSSR count). The van der Waals surface area contributed by atoms with Crippen molar-refractivity contribution < 1.29 is 14.0 Å². The van der Waals surface area contributed by atoms with Gasteiger partial charge in [0.25, 0.3) is 0 Å². The normalized spacial score (nSPS) is 11.2. The van der Waals surface area contributed by atoms with Crippen LogP contribution in [-0.4, -0.2) is 39.7 Å². The van der Waals surface area contributed by atoms with E-state index in [4.69, 9.17) is 0 Å². The molecule has 4 aromatic rings. The molecule has 198 valence electrons. The van der Waals surface area contributed by atoms with Gasteiger partial charge in [0, 0.05) is 43.2 Å². The Kier molecular flexibility index (Phi) is 8.95. The van der Waals surface area contributed by atoms with Gasteiger partial charge in [-0.05, 0) is 54.2 Å². The van der Waals surface area contributed by atoms with E-state index < -0.39 is 0 Å². The molecule has 0 aliphatic carbocycles. The lowest BCUT2D eigenvalue weighted by Crippen LogP contribution is -2.43. The topological polar surface area (TPSA) is 56.4 Å². The minimum absolute atomic E-state index is 0.0251. The molecule has 0 unspecified atom stereocenters. The number of hydrogen-bond acceptors (Lipinski definition) is 2. The summed E-state index contributed by atoms with van der Waals surface area (Å²) in [6.07, 6.45) is 3.05. The minimum Gasteiger partial charge on any atom is -0.361 e. The van der Waals surface area contributed by atoms with Crippen LogP contribution in [0.4, 0.5) is 4.39 Å². The number of carbonyl (C=O) groups is 2. The number of rotatable bonds is 11. The SMILES string of the molecule is Cc1ccc(CN(CCc2c[nH]c3ccccc23)C(=O)CN(Cc2ccc(F)cc2)C(=O)CC(C)C)cc1. The molecule has 1 N–H and O–H groups in total. The predicted octanol–water partition coefficient (Wildman–Crippen LogP) is 6.26. The second-order valence-electron chi connectivity index (χ2n) is 10.4. The van der Waals surface area contributed by atoms with Crippen molar-refractivity contribution in [3.63, 3.8) is 0 Å². The number of aryl methyl sites for hydroxylation is 1. The van der Waals surface area contributed by atoms with E-state index in [-0.39, 0.29) is 36.6 Å². The molecular formula is C32H36FN3O2. The van der Waals surface area contributed by atoms with Crippen molar-refractivity contribution in [2.45, 2.75) is 46.7 Å². The quantitative estimate of drug-likeness (QED) is 0.257. The predicted molar refractivity (Wildman–Crippen MR) is 150 cm³/mol. The van der Waals surface area contributed by atoms with Gasteiger partial charge in [0.05, 0.1) is 0 Å². The summed E-state index contributed by atoms with van der Waals surface area (Å²) < 4.78 is 13.5. The van der Waals surface area contributed by atoms with Crippen molar-refractivity contribution in [2.24, 2.45) is 5.92 Å². The highest BCUT2D eigenvalue weighted by atomic mass is 19.1. The van der Waals surface area contributed by atoms with Crippen LogP contribution in [0.25, 0.3) is 10.9 Å². The van der Waals surface area contributed by atoms with Crippen molar-refractivity contribution in [3.05, 3.63) is 107 Å². The number of para-hydroxylation sites is 1. The zero-order chi connectivity index (χ0) is 27.1. The van der Waals surface area contributed by atoms with E-state index in [0.717, 1.165) is 33.2 Å². The maximum atomic E-state index is 13.7. The number of nitrogens with zero attached hydrogens (tertiary/aromatic N) is 2. The average Bonchev–Trinajstić information content (AvgIpc) is 3.31. The number of aromatic amines is 1. The summed E-state index contributed by atoms with van der Waals surface area (Å²) in [6.45, 7) is 7.24. The van der Waals surface area contributed by atoms with Crippen LogP contribution in [0.2, 0.25) is 0 Å². The van der Waals surface area contributed by atoms with Crippen LogP contribution >= 0.6 is 0 Å². The first-order valence-corrected chi connectivity index (χ1v) is 13.2. The summed E-state index contributed by atoms with van der Waals surface area (Å²) in [5.41, 5.74) is 5.22. The van der Waals surface area contributed by atoms with Crippen molar-refractivity contribution in [1.82, 2.24) is 14.8 Å². The maximum Gasteiger partial charge on any atom is 0.242 e. The molecule has 5 nitrogen and oxygen atoms in total. The molecule has 3 aromatic carbocycles. The second kappa shape index (κ2) is 12.5. The van der Waals surface area contributed by atoms with Crippen molar-refractivity contribution >= 4 is 22.7 Å². The molecule has 6 heteroatoms. The fourth-order valence-electron chi connectivity index (χ4n) is 4.58. The van der Waals surface area contributed by atoms with E-state index in [2.05, 4.69) is 11.1 Å². The maximum absolute atomic E-state index is 13.7. The highest BCUT2D eigenvalue weighted by Crippen LogP contribution is 2.19. The van der Waals surface area contributed by atoms with Crippen LogP contribution in [0.15, 0.2) is 79.0 Å². The fourth-order valence-corrected chi connectivity index (χ4v) is 4.58. The minimum atomic E-state index is -0.327. The molecule has 0 saturated heterocycles. The molecule has 0 aliphatic rings. The summed E-state index contributed by atoms with van der Waals surface area (Å²) in [7, 11) is 0. The monoisotopic (exact) mass is 513 g/mol. The van der Waals surface area contributed by atoms with Crippen LogP contribution in [0.1, 0.15) is 42.5 Å². The summed E-state index contributed by atoms with van der Waals surface area (Å²) in [6, 6.07) is 22.4. The molecule has 0 atom stereocenters. The standard InChI is InChI=1S/C32H36FN3O2/c1-23(2)18-31(37)36(21-26-12-14-28(33)15-13-26)22-32(38)35(20-25-10-8-24(3)9-11-25)17-16-27-19-34-30-7-5-4-6-29(27)30/h4-15,19,23,34H,16-18,20-22H2,1-3H3. The smallest absolute Gasteiger partial charge is 0.242 e. The molecule has 38 heavy (non-hydrogen) atoms. The first-order valence-electron chi connectivity index (χ1n) is 13.2. The Morgan fingerprint density at radius 3 is 2.16 bits per heavy atom. The number of fused-ring (bicyclic) bond motifs is 1. The van der Waals surface area contributed by atoms with Crippen molar-refractivity contribution in [2.75, 3.05) is 13.1 Å². The number of aromatic nitrogens is 1. The number of nitrogens with one attached hydrogen (secondary N) is 1. The Morgan fingerprint density at radius 2 is 1.47 bits per heavy atom. The van der Waals surface area contributed by atoms with Gasteiger partial charge in [-0.1, -0.05) is 74.0 Å². The van der Waals surface area contributed by atoms with Gasteiger partial charge in [-0.25, -0.2) is 4.39 Å². The van der Waals surface area contributed by atoms with E-state index >= 15 is 0 Å². The van der Waals surface area contributed by atoms with E-state index in [9.17, 15) is 14.0 Å². The van der Waals surface area contributed by atoms with Gasteiger partial charge in [-0.3, -0.25) is 9.59 Å². The highest BCUT2D eigenvalue weighted by Gasteiger charge is 2.23. The third-order valence-corrected chi connectivity index (χ3v) is 6.72. The van der Waals surface area contributed by atoms with Gasteiger partial charge in [0.15, 0.2) is 0 Å². The van der Waals surface area contributed by atoms with E-state index in [1.54, 1.807) is 17.0 Å². The summed E-state index contributed by atoms with van der Waals surface area (Å²) in [5.74, 6) is -0.348. The van der Waals surface area contributed by atoms with Crippen LogP contribution in [-0.2, 0) is 29.1 Å². The van der Waals surface area contributed by atoms with Gasteiger partial charge in [-0.15, -0.1) is 0 Å². The largest absolute Gasteiger partial charge is 0.361 e. The lowest BCUT2D eigenvalue weighted by atomic mass is 10.1. The fraction of sp³-hybridized carbons (Fsp3) is 0.312. The van der Waals surface area contributed by atoms with Crippen LogP contribution in [0.5, 0.6) is 0 Å². The van der Waals surface area contributed by atoms with E-state index in [0.29, 0.717) is 25.9 Å². The number of hydrogen-bond donors (Lipinski definition) is 1. The molecule has 0 radical (unpaired) electrons. The lowest BCUT2D eigenvalue weighted by molar-refractivity contribution is -0.141. The number of carbonyl (C=O) groups excluding carboxylic acids is 2. The molecule has 0 bridgehead atoms. The Morgan fingerprint density at radius 1 is 0.842 bits per heavy atom. The third kappa shape index (κ3) is 7.31. The first-order chi connectivity index (χ1) is 18.3. The van der Waals surface area contributed by atoms with Gasteiger partial charge in [0.2, 0.25) is 11.8 Å². The van der Waals surface area contributed by atoms with E-state index in [1.165, 1.54) is 12.1 Å². The highest BCUT2D eigenvalue weighted by molar-refractivity contribution is 5.85. The average molecular weight is 514 g/mol. The van der Waals surface area contributed by atoms with Crippen LogP contribution < -0.4 is 0 Å². The Hall–Kier alpha value is -3.93. The first kappa shape index (κ1) is 27.1.